The maximum absolute atomic E-state index is 12.0. The van der Waals surface area contributed by atoms with Crippen molar-refractivity contribution in [2.75, 3.05) is 12.3 Å². The fraction of sp³-hybridized carbons (Fsp3) is 0.455. The first-order valence-electron chi connectivity index (χ1n) is 5.88. The SMILES string of the molecule is Nc1ccc2c(c1)CCC2NS(=O)(=O)NCC(F)(F)F. The smallest absolute Gasteiger partial charge is 0.399 e. The molecule has 0 fully saturated rings. The lowest BCUT2D eigenvalue weighted by Crippen LogP contribution is -2.42. The van der Waals surface area contributed by atoms with Gasteiger partial charge in [0.15, 0.2) is 0 Å². The summed E-state index contributed by atoms with van der Waals surface area (Å²) in [4.78, 5) is 0. The molecule has 1 aliphatic rings. The second-order valence-corrected chi connectivity index (χ2v) is 6.14. The van der Waals surface area contributed by atoms with Crippen LogP contribution in [0.1, 0.15) is 23.6 Å². The first kappa shape index (κ1) is 15.1. The van der Waals surface area contributed by atoms with Gasteiger partial charge in [0.1, 0.15) is 6.54 Å². The Morgan fingerprint density at radius 3 is 2.70 bits per heavy atom. The van der Waals surface area contributed by atoms with Crippen molar-refractivity contribution in [3.63, 3.8) is 0 Å². The van der Waals surface area contributed by atoms with Crippen molar-refractivity contribution in [1.82, 2.24) is 9.44 Å². The molecule has 0 radical (unpaired) electrons. The van der Waals surface area contributed by atoms with Gasteiger partial charge < -0.3 is 5.73 Å². The molecule has 0 aromatic heterocycles. The summed E-state index contributed by atoms with van der Waals surface area (Å²) in [5.41, 5.74) is 7.85. The van der Waals surface area contributed by atoms with E-state index in [1.165, 1.54) is 4.72 Å². The van der Waals surface area contributed by atoms with Crippen LogP contribution >= 0.6 is 0 Å². The highest BCUT2D eigenvalue weighted by Gasteiger charge is 2.31. The molecule has 112 valence electrons. The Morgan fingerprint density at radius 1 is 1.35 bits per heavy atom. The number of aryl methyl sites for hydroxylation is 1. The average Bonchev–Trinajstić information content (AvgIpc) is 2.68. The lowest BCUT2D eigenvalue weighted by molar-refractivity contribution is -0.121. The van der Waals surface area contributed by atoms with E-state index in [4.69, 9.17) is 5.73 Å². The van der Waals surface area contributed by atoms with E-state index in [1.54, 1.807) is 18.2 Å². The number of nitrogen functional groups attached to an aromatic ring is 1. The molecule has 0 saturated carbocycles. The molecule has 0 spiro atoms. The molecule has 0 bridgehead atoms. The van der Waals surface area contributed by atoms with Gasteiger partial charge in [-0.05, 0) is 36.1 Å². The van der Waals surface area contributed by atoms with E-state index < -0.39 is 29.0 Å². The maximum Gasteiger partial charge on any atom is 0.402 e. The predicted octanol–water partition coefficient (Wildman–Crippen LogP) is 1.24. The monoisotopic (exact) mass is 309 g/mol. The van der Waals surface area contributed by atoms with Crippen LogP contribution in [0.4, 0.5) is 18.9 Å². The first-order valence-corrected chi connectivity index (χ1v) is 7.36. The van der Waals surface area contributed by atoms with Crippen molar-refractivity contribution in [3.8, 4) is 0 Å². The normalized spacial score (nSPS) is 19.1. The lowest BCUT2D eigenvalue weighted by atomic mass is 10.1. The topological polar surface area (TPSA) is 84.2 Å². The summed E-state index contributed by atoms with van der Waals surface area (Å²) in [7, 11) is -4.20. The van der Waals surface area contributed by atoms with Crippen LogP contribution in [0.25, 0.3) is 0 Å². The number of benzene rings is 1. The second-order valence-electron chi connectivity index (χ2n) is 4.61. The van der Waals surface area contributed by atoms with Crippen LogP contribution in [-0.4, -0.2) is 21.1 Å². The molecule has 0 amide bonds. The van der Waals surface area contributed by atoms with Crippen LogP contribution < -0.4 is 15.2 Å². The number of hydrogen-bond donors (Lipinski definition) is 3. The van der Waals surface area contributed by atoms with Crippen molar-refractivity contribution in [3.05, 3.63) is 29.3 Å². The van der Waals surface area contributed by atoms with Crippen molar-refractivity contribution < 1.29 is 21.6 Å². The second kappa shape index (κ2) is 5.23. The molecular weight excluding hydrogens is 295 g/mol. The molecule has 1 unspecified atom stereocenters. The van der Waals surface area contributed by atoms with Gasteiger partial charge in [-0.3, -0.25) is 0 Å². The Bertz CT molecular complexity index is 601. The molecule has 0 heterocycles. The maximum atomic E-state index is 12.0. The fourth-order valence-electron chi connectivity index (χ4n) is 2.17. The minimum atomic E-state index is -4.59. The zero-order valence-electron chi connectivity index (χ0n) is 10.4. The largest absolute Gasteiger partial charge is 0.402 e. The Kier molecular flexibility index (Phi) is 3.94. The first-order chi connectivity index (χ1) is 9.16. The number of halogens is 3. The third-order valence-electron chi connectivity index (χ3n) is 3.00. The summed E-state index contributed by atoms with van der Waals surface area (Å²) in [5.74, 6) is 0. The van der Waals surface area contributed by atoms with Crippen molar-refractivity contribution >= 4 is 15.9 Å². The van der Waals surface area contributed by atoms with Gasteiger partial charge in [-0.1, -0.05) is 6.07 Å². The summed E-state index contributed by atoms with van der Waals surface area (Å²) in [6, 6.07) is 4.53. The van der Waals surface area contributed by atoms with E-state index in [2.05, 4.69) is 4.72 Å². The number of fused-ring (bicyclic) bond motifs is 1. The molecule has 1 aromatic carbocycles. The minimum absolute atomic E-state index is 0.492. The van der Waals surface area contributed by atoms with E-state index in [0.717, 1.165) is 11.1 Å². The lowest BCUT2D eigenvalue weighted by Gasteiger charge is -2.16. The van der Waals surface area contributed by atoms with Crippen LogP contribution in [0.5, 0.6) is 0 Å². The fourth-order valence-corrected chi connectivity index (χ4v) is 3.22. The standard InChI is InChI=1S/C11H14F3N3O2S/c12-11(13,14)6-16-20(18,19)17-10-4-1-7-5-8(15)2-3-9(7)10/h2-3,5,10,16-17H,1,4,6,15H2. The zero-order chi connectivity index (χ0) is 15.0. The van der Waals surface area contributed by atoms with Crippen LogP contribution in [-0.2, 0) is 16.6 Å². The van der Waals surface area contributed by atoms with E-state index in [0.29, 0.717) is 18.5 Å². The Labute approximate surface area is 114 Å². The van der Waals surface area contributed by atoms with E-state index in [-0.39, 0.29) is 0 Å². The third kappa shape index (κ3) is 3.84. The number of anilines is 1. The summed E-state index contributed by atoms with van der Waals surface area (Å²) in [6.07, 6.45) is -3.46. The van der Waals surface area contributed by atoms with E-state index in [1.807, 2.05) is 0 Å². The third-order valence-corrected chi connectivity index (χ3v) is 4.12. The Hall–Kier alpha value is -1.32. The summed E-state index contributed by atoms with van der Waals surface area (Å²) in [5, 5.41) is 0. The van der Waals surface area contributed by atoms with Gasteiger partial charge in [0.25, 0.3) is 10.2 Å². The van der Waals surface area contributed by atoms with Gasteiger partial charge in [0.2, 0.25) is 0 Å². The molecule has 9 heteroatoms. The van der Waals surface area contributed by atoms with Crippen LogP contribution in [0.2, 0.25) is 0 Å². The summed E-state index contributed by atoms with van der Waals surface area (Å²) < 4.78 is 62.9. The van der Waals surface area contributed by atoms with E-state index in [9.17, 15) is 21.6 Å². The molecular formula is C11H14F3N3O2S. The number of nitrogens with one attached hydrogen (secondary N) is 2. The van der Waals surface area contributed by atoms with Crippen LogP contribution in [0.15, 0.2) is 18.2 Å². The van der Waals surface area contributed by atoms with Gasteiger partial charge in [-0.25, -0.2) is 0 Å². The number of rotatable bonds is 4. The Balaban J connectivity index is 2.05. The molecule has 0 aliphatic heterocycles. The molecule has 1 atom stereocenters. The molecule has 1 aromatic rings. The molecule has 4 N–H and O–H groups in total. The zero-order valence-corrected chi connectivity index (χ0v) is 11.2. The van der Waals surface area contributed by atoms with E-state index >= 15 is 0 Å². The summed E-state index contributed by atoms with van der Waals surface area (Å²) >= 11 is 0. The number of nitrogens with two attached hydrogens (primary N) is 1. The van der Waals surface area contributed by atoms with Crippen LogP contribution in [0.3, 0.4) is 0 Å². The number of hydrogen-bond acceptors (Lipinski definition) is 3. The molecule has 0 saturated heterocycles. The predicted molar refractivity (Wildman–Crippen MR) is 68.0 cm³/mol. The molecule has 1 aliphatic carbocycles. The van der Waals surface area contributed by atoms with Gasteiger partial charge in [0.05, 0.1) is 0 Å². The minimum Gasteiger partial charge on any atom is -0.399 e. The molecule has 20 heavy (non-hydrogen) atoms. The highest BCUT2D eigenvalue weighted by molar-refractivity contribution is 7.87. The van der Waals surface area contributed by atoms with Gasteiger partial charge in [0, 0.05) is 11.7 Å². The highest BCUT2D eigenvalue weighted by Crippen LogP contribution is 2.32. The summed E-state index contributed by atoms with van der Waals surface area (Å²) in [6.45, 7) is -1.59. The molecule has 5 nitrogen and oxygen atoms in total. The van der Waals surface area contributed by atoms with Crippen molar-refractivity contribution in [1.29, 1.82) is 0 Å². The number of alkyl halides is 3. The molecule has 2 rings (SSSR count). The van der Waals surface area contributed by atoms with Crippen molar-refractivity contribution in [2.24, 2.45) is 0 Å². The quantitative estimate of drug-likeness (QED) is 0.732. The van der Waals surface area contributed by atoms with Gasteiger partial charge in [-0.15, -0.1) is 0 Å². The van der Waals surface area contributed by atoms with Crippen molar-refractivity contribution in [2.45, 2.75) is 25.1 Å². The Morgan fingerprint density at radius 2 is 2.05 bits per heavy atom. The van der Waals surface area contributed by atoms with Gasteiger partial charge in [-0.2, -0.15) is 31.0 Å². The van der Waals surface area contributed by atoms with Gasteiger partial charge >= 0.3 is 6.18 Å². The average molecular weight is 309 g/mol. The van der Waals surface area contributed by atoms with Crippen LogP contribution in [0, 0.1) is 0 Å². The highest BCUT2D eigenvalue weighted by atomic mass is 32.2.